The average Bonchev–Trinajstić information content (AvgIpc) is 3.14. The highest BCUT2D eigenvalue weighted by molar-refractivity contribution is 7.89. The quantitative estimate of drug-likeness (QED) is 0.807. The van der Waals surface area contributed by atoms with Crippen LogP contribution < -0.4 is 5.32 Å². The first-order chi connectivity index (χ1) is 12.9. The van der Waals surface area contributed by atoms with Gasteiger partial charge < -0.3 is 9.73 Å². The van der Waals surface area contributed by atoms with Crippen LogP contribution in [0.4, 0.5) is 0 Å². The van der Waals surface area contributed by atoms with Crippen LogP contribution in [0.2, 0.25) is 0 Å². The maximum absolute atomic E-state index is 12.9. The summed E-state index contributed by atoms with van der Waals surface area (Å²) in [6.45, 7) is 6.17. The van der Waals surface area contributed by atoms with Crippen molar-refractivity contribution in [2.24, 2.45) is 0 Å². The predicted octanol–water partition coefficient (Wildman–Crippen LogP) is 1.52. The van der Waals surface area contributed by atoms with Gasteiger partial charge in [0, 0.05) is 26.2 Å². The molecule has 0 spiro atoms. The zero-order chi connectivity index (χ0) is 19.4. The number of hydrogen-bond acceptors (Lipinski definition) is 5. The van der Waals surface area contributed by atoms with E-state index in [0.29, 0.717) is 43.4 Å². The Balaban J connectivity index is 1.52. The van der Waals surface area contributed by atoms with Crippen LogP contribution >= 0.6 is 0 Å². The molecule has 0 unspecified atom stereocenters. The highest BCUT2D eigenvalue weighted by Crippen LogP contribution is 2.22. The number of aryl methyl sites for hydroxylation is 2. The number of carbonyl (C=O) groups is 1. The smallest absolute Gasteiger partial charge is 0.243 e. The Bertz CT molecular complexity index is 886. The fraction of sp³-hybridized carbons (Fsp3) is 0.421. The number of carbonyl (C=O) groups excluding carboxylic acids is 1. The van der Waals surface area contributed by atoms with Crippen molar-refractivity contribution >= 4 is 15.9 Å². The summed E-state index contributed by atoms with van der Waals surface area (Å²) in [5, 5.41) is 2.81. The van der Waals surface area contributed by atoms with Gasteiger partial charge in [0.25, 0.3) is 0 Å². The number of nitrogens with one attached hydrogen (secondary N) is 1. The number of amides is 1. The van der Waals surface area contributed by atoms with E-state index in [1.165, 1.54) is 4.31 Å². The maximum Gasteiger partial charge on any atom is 0.243 e. The third-order valence-corrected chi connectivity index (χ3v) is 6.75. The molecule has 1 saturated heterocycles. The lowest BCUT2D eigenvalue weighted by Crippen LogP contribution is -2.51. The summed E-state index contributed by atoms with van der Waals surface area (Å²) in [5.41, 5.74) is 1.80. The topological polar surface area (TPSA) is 82.9 Å². The van der Waals surface area contributed by atoms with Gasteiger partial charge in [-0.15, -0.1) is 0 Å². The molecule has 2 aromatic rings. The molecule has 0 aliphatic carbocycles. The second-order valence-corrected chi connectivity index (χ2v) is 8.71. The lowest BCUT2D eigenvalue weighted by atomic mass is 10.2. The Morgan fingerprint density at radius 3 is 2.52 bits per heavy atom. The van der Waals surface area contributed by atoms with E-state index >= 15 is 0 Å². The van der Waals surface area contributed by atoms with Gasteiger partial charge in [-0.3, -0.25) is 9.69 Å². The van der Waals surface area contributed by atoms with Crippen LogP contribution in [0.1, 0.15) is 16.9 Å². The molecule has 146 valence electrons. The minimum atomic E-state index is -3.51. The molecule has 1 aromatic heterocycles. The molecule has 1 amide bonds. The summed E-state index contributed by atoms with van der Waals surface area (Å²) in [7, 11) is -3.51. The van der Waals surface area contributed by atoms with Gasteiger partial charge in [-0.2, -0.15) is 4.31 Å². The number of sulfonamides is 1. The zero-order valence-electron chi connectivity index (χ0n) is 15.6. The molecule has 0 bridgehead atoms. The number of hydrogen-bond donors (Lipinski definition) is 1. The maximum atomic E-state index is 12.9. The molecule has 2 heterocycles. The molecule has 0 radical (unpaired) electrons. The Kier molecular flexibility index (Phi) is 5.98. The molecule has 27 heavy (non-hydrogen) atoms. The molecular formula is C19H25N3O4S. The van der Waals surface area contributed by atoms with Crippen molar-refractivity contribution < 1.29 is 17.6 Å². The Labute approximate surface area is 160 Å². The van der Waals surface area contributed by atoms with Crippen molar-refractivity contribution in [1.29, 1.82) is 0 Å². The van der Waals surface area contributed by atoms with E-state index in [2.05, 4.69) is 5.32 Å². The number of benzene rings is 1. The van der Waals surface area contributed by atoms with Crippen LogP contribution in [-0.2, 0) is 21.4 Å². The molecule has 7 nitrogen and oxygen atoms in total. The molecule has 1 N–H and O–H groups in total. The van der Waals surface area contributed by atoms with Crippen LogP contribution in [0.15, 0.2) is 45.9 Å². The van der Waals surface area contributed by atoms with Crippen molar-refractivity contribution in [2.45, 2.75) is 25.3 Å². The van der Waals surface area contributed by atoms with Crippen LogP contribution in [0.25, 0.3) is 0 Å². The number of nitrogens with zero attached hydrogens (tertiary/aromatic N) is 2. The summed E-state index contributed by atoms with van der Waals surface area (Å²) >= 11 is 0. The third-order valence-electron chi connectivity index (χ3n) is 4.69. The molecular weight excluding hydrogens is 366 g/mol. The molecule has 1 aromatic carbocycles. The minimum Gasteiger partial charge on any atom is -0.467 e. The van der Waals surface area contributed by atoms with E-state index in [1.807, 2.05) is 30.9 Å². The van der Waals surface area contributed by atoms with Gasteiger partial charge in [0.2, 0.25) is 15.9 Å². The van der Waals surface area contributed by atoms with Gasteiger partial charge in [0.1, 0.15) is 5.76 Å². The van der Waals surface area contributed by atoms with Gasteiger partial charge in [-0.05, 0) is 37.6 Å². The summed E-state index contributed by atoms with van der Waals surface area (Å²) in [6, 6.07) is 8.95. The van der Waals surface area contributed by atoms with Crippen LogP contribution in [-0.4, -0.2) is 56.3 Å². The molecule has 0 atom stereocenters. The Hall–Kier alpha value is -2.16. The molecule has 0 saturated carbocycles. The molecule has 1 fully saturated rings. The van der Waals surface area contributed by atoms with E-state index < -0.39 is 10.0 Å². The van der Waals surface area contributed by atoms with E-state index in [1.54, 1.807) is 24.5 Å². The first-order valence-electron chi connectivity index (χ1n) is 8.95. The molecule has 1 aliphatic heterocycles. The van der Waals surface area contributed by atoms with Crippen molar-refractivity contribution in [3.05, 3.63) is 53.5 Å². The van der Waals surface area contributed by atoms with E-state index in [-0.39, 0.29) is 12.5 Å². The largest absolute Gasteiger partial charge is 0.467 e. The fourth-order valence-corrected chi connectivity index (χ4v) is 4.84. The van der Waals surface area contributed by atoms with Gasteiger partial charge in [0.15, 0.2) is 0 Å². The van der Waals surface area contributed by atoms with Crippen molar-refractivity contribution in [2.75, 3.05) is 32.7 Å². The van der Waals surface area contributed by atoms with Gasteiger partial charge in [0.05, 0.1) is 24.2 Å². The van der Waals surface area contributed by atoms with E-state index in [4.69, 9.17) is 4.42 Å². The molecule has 1 aliphatic rings. The normalized spacial score (nSPS) is 16.4. The minimum absolute atomic E-state index is 0.0999. The lowest BCUT2D eigenvalue weighted by Gasteiger charge is -2.33. The van der Waals surface area contributed by atoms with Crippen molar-refractivity contribution in [3.8, 4) is 0 Å². The second kappa shape index (κ2) is 8.24. The zero-order valence-corrected chi connectivity index (χ0v) is 16.5. The van der Waals surface area contributed by atoms with Gasteiger partial charge in [-0.1, -0.05) is 17.7 Å². The Morgan fingerprint density at radius 2 is 1.89 bits per heavy atom. The number of furan rings is 1. The average molecular weight is 391 g/mol. The summed E-state index contributed by atoms with van der Waals surface area (Å²) in [4.78, 5) is 14.4. The standard InChI is InChI=1S/C19H25N3O4S/c1-15-5-6-18(16(2)12-15)27(24,25)22-9-7-21(8-10-22)14-19(23)20-13-17-4-3-11-26-17/h3-6,11-12H,7-10,13-14H2,1-2H3,(H,20,23). The SMILES string of the molecule is Cc1ccc(S(=O)(=O)N2CCN(CC(=O)NCc3ccco3)CC2)c(C)c1. The summed E-state index contributed by atoms with van der Waals surface area (Å²) < 4.78 is 32.5. The van der Waals surface area contributed by atoms with Crippen LogP contribution in [0.3, 0.4) is 0 Å². The molecule has 8 heteroatoms. The molecule has 3 rings (SSSR count). The number of rotatable bonds is 6. The predicted molar refractivity (Wildman–Crippen MR) is 102 cm³/mol. The summed E-state index contributed by atoms with van der Waals surface area (Å²) in [5.74, 6) is 0.602. The van der Waals surface area contributed by atoms with E-state index in [0.717, 1.165) is 11.1 Å². The first kappa shape index (κ1) is 19.6. The van der Waals surface area contributed by atoms with Crippen molar-refractivity contribution in [3.63, 3.8) is 0 Å². The third kappa shape index (κ3) is 4.77. The highest BCUT2D eigenvalue weighted by Gasteiger charge is 2.30. The van der Waals surface area contributed by atoms with Gasteiger partial charge >= 0.3 is 0 Å². The van der Waals surface area contributed by atoms with Crippen LogP contribution in [0, 0.1) is 13.8 Å². The highest BCUT2D eigenvalue weighted by atomic mass is 32.2. The number of piperazine rings is 1. The lowest BCUT2D eigenvalue weighted by molar-refractivity contribution is -0.122. The van der Waals surface area contributed by atoms with Gasteiger partial charge in [-0.25, -0.2) is 8.42 Å². The van der Waals surface area contributed by atoms with Crippen LogP contribution in [0.5, 0.6) is 0 Å². The fourth-order valence-electron chi connectivity index (χ4n) is 3.21. The monoisotopic (exact) mass is 391 g/mol. The second-order valence-electron chi connectivity index (χ2n) is 6.81. The Morgan fingerprint density at radius 1 is 1.15 bits per heavy atom. The van der Waals surface area contributed by atoms with E-state index in [9.17, 15) is 13.2 Å². The summed E-state index contributed by atoms with van der Waals surface area (Å²) in [6.07, 6.45) is 1.57. The first-order valence-corrected chi connectivity index (χ1v) is 10.4. The van der Waals surface area contributed by atoms with Crippen molar-refractivity contribution in [1.82, 2.24) is 14.5 Å².